The van der Waals surface area contributed by atoms with Crippen molar-refractivity contribution in [2.24, 2.45) is 11.1 Å². The number of nitrogens with one attached hydrogen (secondary N) is 1. The molecule has 4 heteroatoms. The van der Waals surface area contributed by atoms with E-state index >= 15 is 0 Å². The molecule has 1 atom stereocenters. The fourth-order valence-electron chi connectivity index (χ4n) is 3.74. The van der Waals surface area contributed by atoms with Crippen LogP contribution in [0.25, 0.3) is 0 Å². The third-order valence-electron chi connectivity index (χ3n) is 5.54. The highest BCUT2D eigenvalue weighted by molar-refractivity contribution is 5.83. The van der Waals surface area contributed by atoms with Gasteiger partial charge in [0.05, 0.1) is 11.5 Å². The minimum Gasteiger partial charge on any atom is -0.381 e. The second kappa shape index (κ2) is 7.02. The molecule has 0 spiro atoms. The average molecular weight is 316 g/mol. The maximum atomic E-state index is 12.8. The molecule has 1 heterocycles. The lowest BCUT2D eigenvalue weighted by atomic mass is 9.79. The van der Waals surface area contributed by atoms with Gasteiger partial charge in [0, 0.05) is 19.8 Å². The Bertz CT molecular complexity index is 564. The van der Waals surface area contributed by atoms with Crippen molar-refractivity contribution >= 4 is 5.91 Å². The Labute approximate surface area is 138 Å². The number of amides is 1. The highest BCUT2D eigenvalue weighted by Crippen LogP contribution is 2.31. The SMILES string of the molecule is CC(NC(=O)C1(CN)CCOCC1)c1ccc2c(c1)CCCC2. The Morgan fingerprint density at radius 2 is 1.96 bits per heavy atom. The Hall–Kier alpha value is -1.39. The second-order valence-corrected chi connectivity index (χ2v) is 7.03. The molecule has 1 unspecified atom stereocenters. The Kier molecular flexibility index (Phi) is 5.02. The van der Waals surface area contributed by atoms with E-state index in [0.29, 0.717) is 32.6 Å². The number of nitrogens with two attached hydrogens (primary N) is 1. The summed E-state index contributed by atoms with van der Waals surface area (Å²) in [5, 5.41) is 3.19. The molecule has 1 aromatic rings. The highest BCUT2D eigenvalue weighted by atomic mass is 16.5. The first kappa shape index (κ1) is 16.5. The molecule has 3 N–H and O–H groups in total. The molecular formula is C19H28N2O2. The topological polar surface area (TPSA) is 64.4 Å². The van der Waals surface area contributed by atoms with Crippen LogP contribution in [0.4, 0.5) is 0 Å². The van der Waals surface area contributed by atoms with Crippen LogP contribution in [0.5, 0.6) is 0 Å². The van der Waals surface area contributed by atoms with Gasteiger partial charge in [-0.15, -0.1) is 0 Å². The fraction of sp³-hybridized carbons (Fsp3) is 0.632. The van der Waals surface area contributed by atoms with Crippen LogP contribution in [-0.4, -0.2) is 25.7 Å². The number of hydrogen-bond donors (Lipinski definition) is 2. The molecule has 0 saturated carbocycles. The molecule has 23 heavy (non-hydrogen) atoms. The van der Waals surface area contributed by atoms with Crippen LogP contribution < -0.4 is 11.1 Å². The van der Waals surface area contributed by atoms with Gasteiger partial charge < -0.3 is 15.8 Å². The van der Waals surface area contributed by atoms with Gasteiger partial charge >= 0.3 is 0 Å². The quantitative estimate of drug-likeness (QED) is 0.897. The van der Waals surface area contributed by atoms with E-state index in [-0.39, 0.29) is 11.9 Å². The maximum absolute atomic E-state index is 12.8. The summed E-state index contributed by atoms with van der Waals surface area (Å²) in [6.45, 7) is 3.70. The molecule has 4 nitrogen and oxygen atoms in total. The molecule has 1 aromatic carbocycles. The van der Waals surface area contributed by atoms with Gasteiger partial charge in [-0.05, 0) is 62.1 Å². The van der Waals surface area contributed by atoms with E-state index in [2.05, 4.69) is 30.4 Å². The number of hydrogen-bond acceptors (Lipinski definition) is 3. The molecule has 126 valence electrons. The van der Waals surface area contributed by atoms with Crippen molar-refractivity contribution in [3.63, 3.8) is 0 Å². The van der Waals surface area contributed by atoms with E-state index in [1.165, 1.54) is 36.0 Å². The number of ether oxygens (including phenoxy) is 1. The van der Waals surface area contributed by atoms with Crippen molar-refractivity contribution in [1.29, 1.82) is 0 Å². The number of benzene rings is 1. The van der Waals surface area contributed by atoms with Crippen LogP contribution in [0.1, 0.15) is 55.3 Å². The van der Waals surface area contributed by atoms with E-state index < -0.39 is 5.41 Å². The van der Waals surface area contributed by atoms with Crippen molar-refractivity contribution in [2.45, 2.75) is 51.5 Å². The first-order chi connectivity index (χ1) is 11.1. The summed E-state index contributed by atoms with van der Waals surface area (Å²) in [5.74, 6) is 0.0773. The van der Waals surface area contributed by atoms with Crippen LogP contribution in [0.15, 0.2) is 18.2 Å². The van der Waals surface area contributed by atoms with Crippen LogP contribution in [-0.2, 0) is 22.4 Å². The largest absolute Gasteiger partial charge is 0.381 e. The summed E-state index contributed by atoms with van der Waals surface area (Å²) in [6, 6.07) is 6.69. The summed E-state index contributed by atoms with van der Waals surface area (Å²) >= 11 is 0. The minimum atomic E-state index is -0.458. The molecule has 1 aliphatic carbocycles. The monoisotopic (exact) mass is 316 g/mol. The van der Waals surface area contributed by atoms with E-state index in [4.69, 9.17) is 10.5 Å². The minimum absolute atomic E-state index is 0.0148. The van der Waals surface area contributed by atoms with Gasteiger partial charge in [-0.25, -0.2) is 0 Å². The lowest BCUT2D eigenvalue weighted by Crippen LogP contribution is -2.49. The van der Waals surface area contributed by atoms with Gasteiger partial charge in [0.15, 0.2) is 0 Å². The summed E-state index contributed by atoms with van der Waals surface area (Å²) in [5.41, 5.74) is 9.59. The fourth-order valence-corrected chi connectivity index (χ4v) is 3.74. The van der Waals surface area contributed by atoms with Gasteiger partial charge in [0.25, 0.3) is 0 Å². The number of carbonyl (C=O) groups is 1. The summed E-state index contributed by atoms with van der Waals surface area (Å²) < 4.78 is 5.39. The standard InChI is InChI=1S/C19H28N2O2/c1-14(16-7-6-15-4-2-3-5-17(15)12-16)21-18(22)19(13-20)8-10-23-11-9-19/h6-7,12,14H,2-5,8-11,13,20H2,1H3,(H,21,22). The van der Waals surface area contributed by atoms with E-state index in [9.17, 15) is 4.79 Å². The van der Waals surface area contributed by atoms with Gasteiger partial charge in [0.2, 0.25) is 5.91 Å². The summed E-state index contributed by atoms with van der Waals surface area (Å²) in [4.78, 5) is 12.8. The third kappa shape index (κ3) is 3.43. The second-order valence-electron chi connectivity index (χ2n) is 7.03. The van der Waals surface area contributed by atoms with Crippen molar-refractivity contribution < 1.29 is 9.53 Å². The molecule has 3 rings (SSSR count). The zero-order valence-electron chi connectivity index (χ0n) is 14.1. The number of rotatable bonds is 4. The van der Waals surface area contributed by atoms with Crippen molar-refractivity contribution in [3.05, 3.63) is 34.9 Å². The molecule has 1 saturated heterocycles. The maximum Gasteiger partial charge on any atom is 0.228 e. The average Bonchev–Trinajstić information content (AvgIpc) is 2.61. The van der Waals surface area contributed by atoms with Crippen molar-refractivity contribution in [2.75, 3.05) is 19.8 Å². The van der Waals surface area contributed by atoms with Crippen LogP contribution >= 0.6 is 0 Å². The lowest BCUT2D eigenvalue weighted by molar-refractivity contribution is -0.136. The van der Waals surface area contributed by atoms with Crippen LogP contribution in [0.2, 0.25) is 0 Å². The molecule has 1 amide bonds. The van der Waals surface area contributed by atoms with Gasteiger partial charge in [-0.2, -0.15) is 0 Å². The van der Waals surface area contributed by atoms with Gasteiger partial charge in [-0.3, -0.25) is 4.79 Å². The first-order valence-corrected chi connectivity index (χ1v) is 8.85. The van der Waals surface area contributed by atoms with Crippen LogP contribution in [0, 0.1) is 5.41 Å². The number of carbonyl (C=O) groups excluding carboxylic acids is 1. The molecule has 1 fully saturated rings. The molecule has 0 bridgehead atoms. The predicted molar refractivity (Wildman–Crippen MR) is 91.2 cm³/mol. The van der Waals surface area contributed by atoms with Gasteiger partial charge in [-0.1, -0.05) is 18.2 Å². The third-order valence-corrected chi connectivity index (χ3v) is 5.54. The number of fused-ring (bicyclic) bond motifs is 1. The Balaban J connectivity index is 1.70. The molecule has 0 radical (unpaired) electrons. The van der Waals surface area contributed by atoms with E-state index in [1.807, 2.05) is 0 Å². The zero-order chi connectivity index (χ0) is 16.3. The smallest absolute Gasteiger partial charge is 0.228 e. The Morgan fingerprint density at radius 3 is 2.65 bits per heavy atom. The normalized spacial score (nSPS) is 21.3. The zero-order valence-corrected chi connectivity index (χ0v) is 14.1. The number of aryl methyl sites for hydroxylation is 2. The van der Waals surface area contributed by atoms with Crippen molar-refractivity contribution in [3.8, 4) is 0 Å². The lowest BCUT2D eigenvalue weighted by Gasteiger charge is -2.35. The molecular weight excluding hydrogens is 288 g/mol. The molecule has 2 aliphatic rings. The van der Waals surface area contributed by atoms with E-state index in [1.54, 1.807) is 0 Å². The van der Waals surface area contributed by atoms with Crippen molar-refractivity contribution in [1.82, 2.24) is 5.32 Å². The first-order valence-electron chi connectivity index (χ1n) is 8.85. The Morgan fingerprint density at radius 1 is 1.26 bits per heavy atom. The molecule has 1 aliphatic heterocycles. The van der Waals surface area contributed by atoms with E-state index in [0.717, 1.165) is 6.42 Å². The molecule has 0 aromatic heterocycles. The van der Waals surface area contributed by atoms with Crippen LogP contribution in [0.3, 0.4) is 0 Å². The predicted octanol–water partition coefficient (Wildman–Crippen LogP) is 2.50. The van der Waals surface area contributed by atoms with Gasteiger partial charge in [0.1, 0.15) is 0 Å². The summed E-state index contributed by atoms with van der Waals surface area (Å²) in [7, 11) is 0. The summed E-state index contributed by atoms with van der Waals surface area (Å²) in [6.07, 6.45) is 6.34. The highest BCUT2D eigenvalue weighted by Gasteiger charge is 2.39.